The minimum Gasteiger partial charge on any atom is -0.394 e. The summed E-state index contributed by atoms with van der Waals surface area (Å²) in [5.41, 5.74) is 1.63. The Kier molecular flexibility index (Phi) is 4.25. The molecular weight excluding hydrogens is 274 g/mol. The molecule has 0 radical (unpaired) electrons. The van der Waals surface area contributed by atoms with Gasteiger partial charge in [0.25, 0.3) is 5.91 Å². The number of carbonyl (C=O) groups excluding carboxylic acids is 1. The fraction of sp³-hybridized carbons (Fsp3) is 0.429. The number of hydrogen-bond donors (Lipinski definition) is 3. The summed E-state index contributed by atoms with van der Waals surface area (Å²) in [6.07, 6.45) is 2.43. The molecule has 1 unspecified atom stereocenters. The van der Waals surface area contributed by atoms with Gasteiger partial charge in [0.15, 0.2) is 0 Å². The number of hydrogen-bond acceptors (Lipinski definition) is 4. The molecule has 2 heterocycles. The van der Waals surface area contributed by atoms with E-state index in [2.05, 4.69) is 15.3 Å². The number of aromatic amines is 1. The first-order valence-electron chi connectivity index (χ1n) is 6.51. The van der Waals surface area contributed by atoms with Crippen molar-refractivity contribution in [3.05, 3.63) is 28.3 Å². The number of carbonyl (C=O) groups is 1. The van der Waals surface area contributed by atoms with Gasteiger partial charge in [-0.1, -0.05) is 6.92 Å². The van der Waals surface area contributed by atoms with E-state index in [4.69, 9.17) is 0 Å². The number of thiazole rings is 1. The zero-order chi connectivity index (χ0) is 14.8. The highest BCUT2D eigenvalue weighted by Crippen LogP contribution is 2.22. The van der Waals surface area contributed by atoms with Crippen LogP contribution in [0.4, 0.5) is 0 Å². The first kappa shape index (κ1) is 14.7. The van der Waals surface area contributed by atoms with Gasteiger partial charge in [-0.05, 0) is 26.3 Å². The standard InChI is InChI=1S/C14H19N3O2S/c1-4-14(3,8-18)17-13(19)11-5-10(6-15-11)12-7-20-9(2)16-12/h5-7,15,18H,4,8H2,1-3H3,(H,17,19). The van der Waals surface area contributed by atoms with Gasteiger partial charge in [-0.3, -0.25) is 4.79 Å². The van der Waals surface area contributed by atoms with E-state index < -0.39 is 5.54 Å². The second-order valence-electron chi connectivity index (χ2n) is 5.08. The second-order valence-corrected chi connectivity index (χ2v) is 6.14. The molecule has 20 heavy (non-hydrogen) atoms. The van der Waals surface area contributed by atoms with Crippen molar-refractivity contribution in [2.45, 2.75) is 32.7 Å². The van der Waals surface area contributed by atoms with Crippen LogP contribution in [-0.4, -0.2) is 33.1 Å². The minimum absolute atomic E-state index is 0.0892. The van der Waals surface area contributed by atoms with E-state index in [-0.39, 0.29) is 12.5 Å². The molecule has 2 rings (SSSR count). The third-order valence-electron chi connectivity index (χ3n) is 3.39. The van der Waals surface area contributed by atoms with Crippen LogP contribution in [0.5, 0.6) is 0 Å². The van der Waals surface area contributed by atoms with Gasteiger partial charge in [0.05, 0.1) is 22.8 Å². The molecule has 1 atom stereocenters. The van der Waals surface area contributed by atoms with Gasteiger partial charge in [0.2, 0.25) is 0 Å². The summed E-state index contributed by atoms with van der Waals surface area (Å²) in [5, 5.41) is 15.1. The lowest BCUT2D eigenvalue weighted by atomic mass is 10.00. The van der Waals surface area contributed by atoms with Crippen molar-refractivity contribution in [1.29, 1.82) is 0 Å². The van der Waals surface area contributed by atoms with Crippen LogP contribution < -0.4 is 5.32 Å². The zero-order valence-corrected chi connectivity index (χ0v) is 12.7. The lowest BCUT2D eigenvalue weighted by Gasteiger charge is -2.26. The second kappa shape index (κ2) is 5.76. The predicted molar refractivity (Wildman–Crippen MR) is 79.9 cm³/mol. The molecule has 3 N–H and O–H groups in total. The third kappa shape index (κ3) is 3.08. The Morgan fingerprint density at radius 2 is 2.35 bits per heavy atom. The molecule has 2 aromatic rings. The maximum Gasteiger partial charge on any atom is 0.268 e. The number of H-pyrrole nitrogens is 1. The maximum absolute atomic E-state index is 12.2. The van der Waals surface area contributed by atoms with E-state index in [1.807, 2.05) is 26.2 Å². The Balaban J connectivity index is 2.14. The minimum atomic E-state index is -0.598. The summed E-state index contributed by atoms with van der Waals surface area (Å²) in [6.45, 7) is 5.60. The summed E-state index contributed by atoms with van der Waals surface area (Å²) in [4.78, 5) is 19.5. The van der Waals surface area contributed by atoms with Crippen LogP contribution in [0.1, 0.15) is 35.8 Å². The molecule has 5 nitrogen and oxygen atoms in total. The largest absolute Gasteiger partial charge is 0.394 e. The van der Waals surface area contributed by atoms with Crippen molar-refractivity contribution in [3.8, 4) is 11.3 Å². The van der Waals surface area contributed by atoms with Crippen molar-refractivity contribution in [2.75, 3.05) is 6.61 Å². The highest BCUT2D eigenvalue weighted by molar-refractivity contribution is 7.09. The molecule has 0 spiro atoms. The van der Waals surface area contributed by atoms with Crippen LogP contribution in [0.25, 0.3) is 11.3 Å². The van der Waals surface area contributed by atoms with E-state index in [1.54, 1.807) is 23.6 Å². The topological polar surface area (TPSA) is 78.0 Å². The molecular formula is C14H19N3O2S. The molecule has 6 heteroatoms. The number of aliphatic hydroxyl groups is 1. The highest BCUT2D eigenvalue weighted by Gasteiger charge is 2.24. The van der Waals surface area contributed by atoms with Crippen LogP contribution in [0.15, 0.2) is 17.6 Å². The van der Waals surface area contributed by atoms with Gasteiger partial charge >= 0.3 is 0 Å². The van der Waals surface area contributed by atoms with E-state index >= 15 is 0 Å². The Morgan fingerprint density at radius 1 is 1.60 bits per heavy atom. The Hall–Kier alpha value is -1.66. The van der Waals surface area contributed by atoms with E-state index in [1.165, 1.54) is 0 Å². The van der Waals surface area contributed by atoms with Gasteiger partial charge in [-0.25, -0.2) is 4.98 Å². The molecule has 0 aliphatic rings. The number of aromatic nitrogens is 2. The van der Waals surface area contributed by atoms with Crippen LogP contribution in [0.3, 0.4) is 0 Å². The number of aryl methyl sites for hydroxylation is 1. The third-order valence-corrected chi connectivity index (χ3v) is 4.16. The predicted octanol–water partition coefficient (Wildman–Crippen LogP) is 2.34. The summed E-state index contributed by atoms with van der Waals surface area (Å²) in [6, 6.07) is 1.78. The number of nitrogens with one attached hydrogen (secondary N) is 2. The highest BCUT2D eigenvalue weighted by atomic mass is 32.1. The van der Waals surface area contributed by atoms with E-state index in [0.717, 1.165) is 16.3 Å². The quantitative estimate of drug-likeness (QED) is 0.791. The fourth-order valence-corrected chi connectivity index (χ4v) is 2.37. The monoisotopic (exact) mass is 293 g/mol. The van der Waals surface area contributed by atoms with E-state index in [0.29, 0.717) is 12.1 Å². The number of rotatable bonds is 5. The fourth-order valence-electron chi connectivity index (χ4n) is 1.75. The summed E-state index contributed by atoms with van der Waals surface area (Å²) in [5.74, 6) is -0.221. The Morgan fingerprint density at radius 3 is 2.90 bits per heavy atom. The normalized spacial score (nSPS) is 14.0. The van der Waals surface area contributed by atoms with Crippen molar-refractivity contribution >= 4 is 17.2 Å². The molecule has 2 aromatic heterocycles. The molecule has 0 bridgehead atoms. The molecule has 0 aliphatic carbocycles. The Bertz CT molecular complexity index is 599. The zero-order valence-electron chi connectivity index (χ0n) is 11.9. The summed E-state index contributed by atoms with van der Waals surface area (Å²) < 4.78 is 0. The molecule has 0 aliphatic heterocycles. The molecule has 0 aromatic carbocycles. The molecule has 108 valence electrons. The average molecular weight is 293 g/mol. The van der Waals surface area contributed by atoms with E-state index in [9.17, 15) is 9.90 Å². The molecule has 1 amide bonds. The lowest BCUT2D eigenvalue weighted by Crippen LogP contribution is -2.48. The maximum atomic E-state index is 12.2. The first-order chi connectivity index (χ1) is 9.47. The molecule has 0 saturated carbocycles. The van der Waals surface area contributed by atoms with Gasteiger partial charge in [-0.15, -0.1) is 11.3 Å². The van der Waals surface area contributed by atoms with Crippen LogP contribution in [-0.2, 0) is 0 Å². The number of amides is 1. The van der Waals surface area contributed by atoms with Crippen LogP contribution >= 0.6 is 11.3 Å². The smallest absolute Gasteiger partial charge is 0.268 e. The Labute approximate surface area is 122 Å². The van der Waals surface area contributed by atoms with Gasteiger partial charge in [-0.2, -0.15) is 0 Å². The van der Waals surface area contributed by atoms with Crippen LogP contribution in [0.2, 0.25) is 0 Å². The summed E-state index contributed by atoms with van der Waals surface area (Å²) in [7, 11) is 0. The van der Waals surface area contributed by atoms with Crippen molar-refractivity contribution < 1.29 is 9.90 Å². The number of aliphatic hydroxyl groups excluding tert-OH is 1. The van der Waals surface area contributed by atoms with Crippen molar-refractivity contribution in [1.82, 2.24) is 15.3 Å². The first-order valence-corrected chi connectivity index (χ1v) is 7.39. The SMILES string of the molecule is CCC(C)(CO)NC(=O)c1cc(-c2csc(C)n2)c[nH]1. The van der Waals surface area contributed by atoms with Gasteiger partial charge in [0.1, 0.15) is 5.69 Å². The van der Waals surface area contributed by atoms with Gasteiger partial charge in [0, 0.05) is 17.1 Å². The number of nitrogens with zero attached hydrogens (tertiary/aromatic N) is 1. The van der Waals surface area contributed by atoms with Crippen LogP contribution in [0, 0.1) is 6.92 Å². The average Bonchev–Trinajstić information content (AvgIpc) is 3.07. The van der Waals surface area contributed by atoms with Gasteiger partial charge < -0.3 is 15.4 Å². The molecule has 0 fully saturated rings. The summed E-state index contributed by atoms with van der Waals surface area (Å²) >= 11 is 1.58. The lowest BCUT2D eigenvalue weighted by molar-refractivity contribution is 0.0843. The van der Waals surface area contributed by atoms with Crippen molar-refractivity contribution in [3.63, 3.8) is 0 Å². The van der Waals surface area contributed by atoms with Crippen molar-refractivity contribution in [2.24, 2.45) is 0 Å². The molecule has 0 saturated heterocycles.